The first-order chi connectivity index (χ1) is 22.6. The molecule has 12 nitrogen and oxygen atoms in total. The Balaban J connectivity index is 1.24. The van der Waals surface area contributed by atoms with E-state index in [1.165, 1.54) is 11.3 Å². The summed E-state index contributed by atoms with van der Waals surface area (Å²) < 4.78 is 5.39. The van der Waals surface area contributed by atoms with Gasteiger partial charge in [-0.15, -0.1) is 0 Å². The van der Waals surface area contributed by atoms with Crippen molar-refractivity contribution in [3.63, 3.8) is 0 Å². The van der Waals surface area contributed by atoms with Crippen LogP contribution in [-0.4, -0.2) is 120 Å². The van der Waals surface area contributed by atoms with Gasteiger partial charge in [0.25, 0.3) is 5.91 Å². The monoisotopic (exact) mass is 705 g/mol. The molecule has 2 fully saturated rings. The first-order valence-electron chi connectivity index (χ1n) is 16.4. The zero-order valence-electron chi connectivity index (χ0n) is 27.8. The fraction of sp³-hybridized carbons (Fsp3) is 0.594. The van der Waals surface area contributed by atoms with Crippen molar-refractivity contribution in [1.29, 1.82) is 0 Å². The number of aryl methyl sites for hydroxylation is 1. The van der Waals surface area contributed by atoms with Crippen LogP contribution in [0.5, 0.6) is 0 Å². The topological polar surface area (TPSA) is 123 Å². The maximum absolute atomic E-state index is 13.0. The molecule has 5 heterocycles. The van der Waals surface area contributed by atoms with E-state index in [2.05, 4.69) is 50.7 Å². The van der Waals surface area contributed by atoms with Crippen molar-refractivity contribution >= 4 is 57.4 Å². The molecule has 47 heavy (non-hydrogen) atoms. The normalized spacial score (nSPS) is 19.0. The highest BCUT2D eigenvalue weighted by Crippen LogP contribution is 2.35. The second-order valence-electron chi connectivity index (χ2n) is 12.1. The lowest BCUT2D eigenvalue weighted by atomic mass is 9.94. The molecule has 2 aliphatic rings. The Labute approximate surface area is 290 Å². The van der Waals surface area contributed by atoms with Gasteiger partial charge in [0.15, 0.2) is 5.13 Å². The molecule has 256 valence electrons. The second-order valence-corrected chi connectivity index (χ2v) is 13.8. The number of likely N-dealkylation sites (N-methyl/N-ethyl adjacent to an activating group) is 1. The molecule has 2 N–H and O–H groups in total. The second kappa shape index (κ2) is 16.0. The van der Waals surface area contributed by atoms with Crippen LogP contribution in [0, 0.1) is 12.8 Å². The number of piperazine rings is 1. The van der Waals surface area contributed by atoms with Crippen LogP contribution in [0.25, 0.3) is 11.4 Å². The highest BCUT2D eigenvalue weighted by Gasteiger charge is 2.32. The number of halogens is 2. The maximum atomic E-state index is 13.0. The molecule has 2 aliphatic heterocycles. The van der Waals surface area contributed by atoms with Crippen LogP contribution in [0.1, 0.15) is 60.0 Å². The van der Waals surface area contributed by atoms with Crippen molar-refractivity contribution in [1.82, 2.24) is 35.1 Å². The van der Waals surface area contributed by atoms with Crippen LogP contribution < -0.4 is 15.1 Å². The van der Waals surface area contributed by atoms with Gasteiger partial charge in [-0.05, 0) is 39.3 Å². The molecule has 0 bridgehead atoms. The van der Waals surface area contributed by atoms with E-state index in [-0.39, 0.29) is 35.2 Å². The number of hydrogen-bond acceptors (Lipinski definition) is 11. The number of nitrogens with zero attached hydrogens (tertiary/aromatic N) is 7. The van der Waals surface area contributed by atoms with Crippen LogP contribution in [0.2, 0.25) is 10.0 Å². The molecule has 0 saturated carbocycles. The van der Waals surface area contributed by atoms with Crippen molar-refractivity contribution in [2.75, 3.05) is 81.9 Å². The molecule has 0 aliphatic carbocycles. The zero-order valence-corrected chi connectivity index (χ0v) is 30.1. The maximum Gasteiger partial charge on any atom is 0.350 e. The number of amides is 1. The predicted octanol–water partition coefficient (Wildman–Crippen LogP) is 4.83. The van der Waals surface area contributed by atoms with Crippen LogP contribution >= 0.6 is 34.5 Å². The first-order valence-corrected chi connectivity index (χ1v) is 18.0. The molecule has 3 aromatic heterocycles. The van der Waals surface area contributed by atoms with E-state index in [1.54, 1.807) is 26.2 Å². The fourth-order valence-electron chi connectivity index (χ4n) is 6.09. The zero-order chi connectivity index (χ0) is 33.7. The summed E-state index contributed by atoms with van der Waals surface area (Å²) in [6, 6.07) is -0.0659. The highest BCUT2D eigenvalue weighted by molar-refractivity contribution is 7.17. The Morgan fingerprint density at radius 1 is 1.06 bits per heavy atom. The Morgan fingerprint density at radius 3 is 2.40 bits per heavy atom. The number of carbonyl (C=O) groups excluding carboxylic acids is 2. The Bertz CT molecular complexity index is 1520. The van der Waals surface area contributed by atoms with Gasteiger partial charge in [-0.25, -0.2) is 19.7 Å². The minimum atomic E-state index is -0.426. The third kappa shape index (κ3) is 8.19. The number of rotatable bonds is 12. The smallest absolute Gasteiger partial charge is 0.350 e. The number of esters is 1. The third-order valence-corrected chi connectivity index (χ3v) is 11.1. The molecule has 5 rings (SSSR count). The van der Waals surface area contributed by atoms with Gasteiger partial charge < -0.3 is 29.7 Å². The summed E-state index contributed by atoms with van der Waals surface area (Å²) in [7, 11) is 0. The average molecular weight is 707 g/mol. The minimum Gasteiger partial charge on any atom is -0.462 e. The Hall–Kier alpha value is -2.97. The van der Waals surface area contributed by atoms with Gasteiger partial charge in [0.2, 0.25) is 0 Å². The molecule has 0 radical (unpaired) electrons. The number of ether oxygens (including phenoxy) is 1. The van der Waals surface area contributed by atoms with Gasteiger partial charge in [-0.2, -0.15) is 0 Å². The van der Waals surface area contributed by atoms with Crippen molar-refractivity contribution in [2.45, 2.75) is 47.1 Å². The van der Waals surface area contributed by atoms with Crippen molar-refractivity contribution < 1.29 is 14.3 Å². The molecule has 0 unspecified atom stereocenters. The van der Waals surface area contributed by atoms with E-state index < -0.39 is 5.97 Å². The average Bonchev–Trinajstić information content (AvgIpc) is 3.64. The number of anilines is 2. The molecule has 3 aromatic rings. The number of hydrogen-bond donors (Lipinski definition) is 2. The van der Waals surface area contributed by atoms with Gasteiger partial charge in [0.05, 0.1) is 29.0 Å². The first kappa shape index (κ1) is 35.3. The summed E-state index contributed by atoms with van der Waals surface area (Å²) >= 11 is 13.7. The van der Waals surface area contributed by atoms with E-state index in [4.69, 9.17) is 42.9 Å². The number of nitrogens with one attached hydrogen (secondary N) is 2. The summed E-state index contributed by atoms with van der Waals surface area (Å²) in [4.78, 5) is 53.1. The minimum absolute atomic E-state index is 0.0659. The summed E-state index contributed by atoms with van der Waals surface area (Å²) in [5, 5.41) is 4.40. The van der Waals surface area contributed by atoms with Gasteiger partial charge in [-0.1, -0.05) is 55.3 Å². The number of aromatic amines is 1. The summed E-state index contributed by atoms with van der Waals surface area (Å²) in [6.07, 6.45) is 4.17. The van der Waals surface area contributed by atoms with Crippen LogP contribution in [0.15, 0.2) is 12.4 Å². The van der Waals surface area contributed by atoms with Crippen LogP contribution in [0.3, 0.4) is 0 Å². The van der Waals surface area contributed by atoms with Crippen molar-refractivity contribution in [2.24, 2.45) is 5.92 Å². The summed E-state index contributed by atoms with van der Waals surface area (Å²) in [5.74, 6) is 0.218. The Kier molecular flexibility index (Phi) is 12.0. The van der Waals surface area contributed by atoms with E-state index in [1.807, 2.05) is 0 Å². The van der Waals surface area contributed by atoms with Gasteiger partial charge in [-0.3, -0.25) is 9.69 Å². The van der Waals surface area contributed by atoms with Gasteiger partial charge in [0, 0.05) is 64.1 Å². The number of thiazole rings is 1. The molecule has 0 aromatic carbocycles. The molecule has 2 saturated heterocycles. The van der Waals surface area contributed by atoms with E-state index in [9.17, 15) is 9.59 Å². The Morgan fingerprint density at radius 2 is 1.81 bits per heavy atom. The standard InChI is InChI=1S/C32H45Cl2N9O3S/c1-6-40(7-2)11-12-41-13-15-42(16-14-41)24-18-35-23(17-36-24)27-29(31(45)46-8-3)47-32(39-27)43-10-9-22(20(4)19-43)38-30(44)28-26(34)25(33)21(5)37-28/h17-18,20,22,37H,6-16,19H2,1-5H3,(H,38,44)/t20-,22+/m0/s1. The SMILES string of the molecule is CCOC(=O)c1sc(N2CC[C@@H](NC(=O)c3[nH]c(C)c(Cl)c3Cl)[C@@H](C)C2)nc1-c1cnc(N2CCN(CCN(CC)CC)CC2)cn1. The molecule has 2 atom stereocenters. The fourth-order valence-corrected chi connectivity index (χ4v) is 7.51. The largest absolute Gasteiger partial charge is 0.462 e. The molecular formula is C32H45Cl2N9O3S. The lowest BCUT2D eigenvalue weighted by Crippen LogP contribution is -2.50. The van der Waals surface area contributed by atoms with Gasteiger partial charge in [0.1, 0.15) is 27.8 Å². The third-order valence-electron chi connectivity index (χ3n) is 9.05. The van der Waals surface area contributed by atoms with Crippen molar-refractivity contribution in [3.8, 4) is 11.4 Å². The number of carbonyl (C=O) groups is 2. The lowest BCUT2D eigenvalue weighted by molar-refractivity contribution is 0.0532. The molecular weight excluding hydrogens is 661 g/mol. The molecule has 15 heteroatoms. The van der Waals surface area contributed by atoms with E-state index >= 15 is 0 Å². The quantitative estimate of drug-likeness (QED) is 0.254. The summed E-state index contributed by atoms with van der Waals surface area (Å²) in [5.41, 5.74) is 1.93. The molecule has 1 amide bonds. The van der Waals surface area contributed by atoms with Gasteiger partial charge >= 0.3 is 5.97 Å². The van der Waals surface area contributed by atoms with Crippen LogP contribution in [0.4, 0.5) is 10.9 Å². The van der Waals surface area contributed by atoms with E-state index in [0.29, 0.717) is 51.6 Å². The van der Waals surface area contributed by atoms with Crippen molar-refractivity contribution in [3.05, 3.63) is 38.7 Å². The molecule has 0 spiro atoms. The number of piperidine rings is 1. The van der Waals surface area contributed by atoms with E-state index in [0.717, 1.165) is 58.2 Å². The van der Waals surface area contributed by atoms with Crippen LogP contribution in [-0.2, 0) is 4.74 Å². The predicted molar refractivity (Wildman–Crippen MR) is 188 cm³/mol. The number of aromatic nitrogens is 4. The lowest BCUT2D eigenvalue weighted by Gasteiger charge is -2.37. The highest BCUT2D eigenvalue weighted by atomic mass is 35.5. The number of H-pyrrole nitrogens is 1. The summed E-state index contributed by atoms with van der Waals surface area (Å²) in [6.45, 7) is 19.7.